The van der Waals surface area contributed by atoms with Crippen LogP contribution in [0.5, 0.6) is 0 Å². The predicted molar refractivity (Wildman–Crippen MR) is 82.8 cm³/mol. The predicted octanol–water partition coefficient (Wildman–Crippen LogP) is 2.15. The maximum atomic E-state index is 12.3. The van der Waals surface area contributed by atoms with Crippen LogP contribution in [0.2, 0.25) is 0 Å². The van der Waals surface area contributed by atoms with Crippen LogP contribution in [0.1, 0.15) is 58.8 Å². The number of amides is 1. The number of carboxylic acid groups (broad SMARTS) is 1. The van der Waals surface area contributed by atoms with Crippen molar-refractivity contribution in [2.24, 2.45) is 23.0 Å². The van der Waals surface area contributed by atoms with Crippen molar-refractivity contribution >= 4 is 11.9 Å². The van der Waals surface area contributed by atoms with Crippen molar-refractivity contribution in [2.75, 3.05) is 13.1 Å². The third-order valence-electron chi connectivity index (χ3n) is 4.91. The van der Waals surface area contributed by atoms with E-state index in [1.165, 1.54) is 0 Å². The summed E-state index contributed by atoms with van der Waals surface area (Å²) in [5, 5.41) is 11.8. The molecule has 0 aromatic heterocycles. The van der Waals surface area contributed by atoms with Gasteiger partial charge in [0.2, 0.25) is 5.91 Å². The number of nitrogens with two attached hydrogens (primary N) is 1. The number of carbonyl (C=O) groups is 2. The Hall–Kier alpha value is -1.10. The first-order valence-electron chi connectivity index (χ1n) is 8.11. The minimum atomic E-state index is -0.752. The minimum absolute atomic E-state index is 0.0863. The van der Waals surface area contributed by atoms with Crippen molar-refractivity contribution in [1.82, 2.24) is 5.32 Å². The molecule has 0 spiro atoms. The number of aliphatic carboxylic acids is 1. The van der Waals surface area contributed by atoms with E-state index in [0.29, 0.717) is 31.3 Å². The highest BCUT2D eigenvalue weighted by molar-refractivity contribution is 5.83. The Labute approximate surface area is 127 Å². The van der Waals surface area contributed by atoms with Crippen LogP contribution in [0.4, 0.5) is 0 Å². The average Bonchev–Trinajstić information content (AvgIpc) is 2.91. The Morgan fingerprint density at radius 3 is 2.33 bits per heavy atom. The average molecular weight is 298 g/mol. The van der Waals surface area contributed by atoms with Gasteiger partial charge in [-0.1, -0.05) is 26.7 Å². The third kappa shape index (κ3) is 5.30. The Bertz CT molecular complexity index is 349. The van der Waals surface area contributed by atoms with E-state index in [1.807, 2.05) is 0 Å². The molecule has 1 atom stereocenters. The molecule has 1 rings (SSSR count). The molecule has 0 aromatic rings. The molecule has 0 saturated heterocycles. The Kier molecular flexibility index (Phi) is 7.15. The van der Waals surface area contributed by atoms with Crippen molar-refractivity contribution in [3.05, 3.63) is 0 Å². The smallest absolute Gasteiger partial charge is 0.303 e. The molecule has 1 aliphatic rings. The van der Waals surface area contributed by atoms with Gasteiger partial charge < -0.3 is 16.2 Å². The van der Waals surface area contributed by atoms with E-state index in [9.17, 15) is 9.59 Å². The fourth-order valence-electron chi connectivity index (χ4n) is 3.25. The lowest BCUT2D eigenvalue weighted by Crippen LogP contribution is -2.44. The number of nitrogens with one attached hydrogen (secondary N) is 1. The highest BCUT2D eigenvalue weighted by atomic mass is 16.4. The molecule has 1 fully saturated rings. The molecule has 0 aromatic carbocycles. The zero-order chi connectivity index (χ0) is 15.9. The maximum absolute atomic E-state index is 12.3. The first kappa shape index (κ1) is 18.0. The van der Waals surface area contributed by atoms with Gasteiger partial charge in [0.05, 0.1) is 5.41 Å². The van der Waals surface area contributed by atoms with E-state index in [0.717, 1.165) is 32.1 Å². The summed E-state index contributed by atoms with van der Waals surface area (Å²) in [7, 11) is 0. The summed E-state index contributed by atoms with van der Waals surface area (Å²) in [6.07, 6.45) is 5.64. The zero-order valence-corrected chi connectivity index (χ0v) is 13.4. The Morgan fingerprint density at radius 2 is 1.86 bits per heavy atom. The fourth-order valence-corrected chi connectivity index (χ4v) is 3.25. The maximum Gasteiger partial charge on any atom is 0.303 e. The second kappa shape index (κ2) is 8.37. The van der Waals surface area contributed by atoms with Crippen LogP contribution >= 0.6 is 0 Å². The quantitative estimate of drug-likeness (QED) is 0.608. The van der Waals surface area contributed by atoms with Crippen LogP contribution < -0.4 is 11.1 Å². The molecule has 0 heterocycles. The number of rotatable bonds is 9. The highest BCUT2D eigenvalue weighted by Crippen LogP contribution is 2.37. The molecule has 122 valence electrons. The van der Waals surface area contributed by atoms with E-state index >= 15 is 0 Å². The van der Waals surface area contributed by atoms with Gasteiger partial charge in [0.1, 0.15) is 0 Å². The van der Waals surface area contributed by atoms with Gasteiger partial charge in [-0.05, 0) is 37.5 Å². The van der Waals surface area contributed by atoms with Crippen LogP contribution in [0.15, 0.2) is 0 Å². The van der Waals surface area contributed by atoms with Crippen LogP contribution in [0.3, 0.4) is 0 Å². The summed E-state index contributed by atoms with van der Waals surface area (Å²) in [6, 6.07) is 0. The van der Waals surface area contributed by atoms with Crippen molar-refractivity contribution < 1.29 is 14.7 Å². The molecular weight excluding hydrogens is 268 g/mol. The fraction of sp³-hybridized carbons (Fsp3) is 0.875. The van der Waals surface area contributed by atoms with Gasteiger partial charge in [-0.2, -0.15) is 0 Å². The summed E-state index contributed by atoms with van der Waals surface area (Å²) in [6.45, 7) is 5.24. The number of hydrogen-bond acceptors (Lipinski definition) is 3. The first-order valence-corrected chi connectivity index (χ1v) is 8.11. The van der Waals surface area contributed by atoms with Crippen molar-refractivity contribution in [3.63, 3.8) is 0 Å². The van der Waals surface area contributed by atoms with E-state index in [2.05, 4.69) is 19.2 Å². The molecule has 21 heavy (non-hydrogen) atoms. The van der Waals surface area contributed by atoms with Gasteiger partial charge in [-0.15, -0.1) is 0 Å². The van der Waals surface area contributed by atoms with Gasteiger partial charge in [0.15, 0.2) is 0 Å². The Morgan fingerprint density at radius 1 is 1.24 bits per heavy atom. The van der Waals surface area contributed by atoms with Gasteiger partial charge in [0, 0.05) is 19.5 Å². The van der Waals surface area contributed by atoms with Gasteiger partial charge >= 0.3 is 5.97 Å². The summed E-state index contributed by atoms with van der Waals surface area (Å²) >= 11 is 0. The van der Waals surface area contributed by atoms with E-state index in [1.54, 1.807) is 0 Å². The normalized spacial score (nSPS) is 18.7. The van der Waals surface area contributed by atoms with Gasteiger partial charge in [-0.3, -0.25) is 9.59 Å². The third-order valence-corrected chi connectivity index (χ3v) is 4.91. The number of carbonyl (C=O) groups excluding carboxylic acids is 1. The first-order chi connectivity index (χ1) is 9.91. The molecule has 0 bridgehead atoms. The second-order valence-corrected chi connectivity index (χ2v) is 6.67. The molecule has 4 N–H and O–H groups in total. The summed E-state index contributed by atoms with van der Waals surface area (Å²) < 4.78 is 0. The lowest BCUT2D eigenvalue weighted by molar-refractivity contribution is -0.137. The van der Waals surface area contributed by atoms with Crippen LogP contribution in [-0.4, -0.2) is 30.1 Å². The van der Waals surface area contributed by atoms with E-state index in [-0.39, 0.29) is 17.7 Å². The van der Waals surface area contributed by atoms with E-state index in [4.69, 9.17) is 10.8 Å². The zero-order valence-electron chi connectivity index (χ0n) is 13.4. The highest BCUT2D eigenvalue weighted by Gasteiger charge is 2.39. The largest absolute Gasteiger partial charge is 0.481 e. The van der Waals surface area contributed by atoms with Crippen molar-refractivity contribution in [3.8, 4) is 0 Å². The Balaban J connectivity index is 2.39. The molecule has 1 unspecified atom stereocenters. The molecule has 0 radical (unpaired) electrons. The minimum Gasteiger partial charge on any atom is -0.481 e. The number of hydrogen-bond donors (Lipinski definition) is 3. The molecule has 0 aliphatic heterocycles. The van der Waals surface area contributed by atoms with Crippen LogP contribution in [0.25, 0.3) is 0 Å². The SMILES string of the molecule is CC(C)C(CCNC(=O)C1(CN)CCCC1)CCC(=O)O. The second-order valence-electron chi connectivity index (χ2n) is 6.67. The van der Waals surface area contributed by atoms with Crippen LogP contribution in [0, 0.1) is 17.3 Å². The monoisotopic (exact) mass is 298 g/mol. The van der Waals surface area contributed by atoms with Crippen molar-refractivity contribution in [1.29, 1.82) is 0 Å². The lowest BCUT2D eigenvalue weighted by atomic mass is 9.84. The molecule has 1 amide bonds. The summed E-state index contributed by atoms with van der Waals surface area (Å²) in [5.41, 5.74) is 5.45. The summed E-state index contributed by atoms with van der Waals surface area (Å²) in [5.74, 6) is 0.0935. The molecular formula is C16H30N2O3. The van der Waals surface area contributed by atoms with E-state index < -0.39 is 5.97 Å². The number of carboxylic acids is 1. The topological polar surface area (TPSA) is 92.4 Å². The van der Waals surface area contributed by atoms with Crippen molar-refractivity contribution in [2.45, 2.75) is 58.8 Å². The standard InChI is InChI=1S/C16H30N2O3/c1-12(2)13(5-6-14(19)20)7-10-18-15(21)16(11-17)8-3-4-9-16/h12-13H,3-11,17H2,1-2H3,(H,18,21)(H,19,20). The van der Waals surface area contributed by atoms with Crippen LogP contribution in [-0.2, 0) is 9.59 Å². The summed E-state index contributed by atoms with van der Waals surface area (Å²) in [4.78, 5) is 23.0. The van der Waals surface area contributed by atoms with Gasteiger partial charge in [-0.25, -0.2) is 0 Å². The molecule has 1 aliphatic carbocycles. The molecule has 1 saturated carbocycles. The molecule has 5 heteroatoms. The van der Waals surface area contributed by atoms with Gasteiger partial charge in [0.25, 0.3) is 0 Å². The lowest BCUT2D eigenvalue weighted by Gasteiger charge is -2.27. The molecule has 5 nitrogen and oxygen atoms in total.